The quantitative estimate of drug-likeness (QED) is 0.126. The Morgan fingerprint density at radius 1 is 0.938 bits per heavy atom. The Morgan fingerprint density at radius 2 is 1.56 bits per heavy atom. The second-order valence-corrected chi connectivity index (χ2v) is 19.6. The van der Waals surface area contributed by atoms with Gasteiger partial charge < -0.3 is 15.5 Å². The van der Waals surface area contributed by atoms with Crippen molar-refractivity contribution < 1.29 is 36.6 Å². The summed E-state index contributed by atoms with van der Waals surface area (Å²) in [5, 5.41) is 28.0. The lowest BCUT2D eigenvalue weighted by molar-refractivity contribution is -0.134. The Labute approximate surface area is 289 Å². The van der Waals surface area contributed by atoms with E-state index in [1.54, 1.807) is 45.0 Å². The van der Waals surface area contributed by atoms with E-state index in [0.717, 1.165) is 44.1 Å². The van der Waals surface area contributed by atoms with E-state index in [0.29, 0.717) is 12.8 Å². The topological polar surface area (TPSA) is 179 Å². The highest BCUT2D eigenvalue weighted by atomic mass is 32.2. The van der Waals surface area contributed by atoms with Gasteiger partial charge in [-0.1, -0.05) is 89.6 Å². The molecule has 1 fully saturated rings. The largest absolute Gasteiger partial charge is 0.389 e. The Kier molecular flexibility index (Phi) is 17.2. The normalized spacial score (nSPS) is 18.2. The van der Waals surface area contributed by atoms with E-state index < -0.39 is 78.1 Å². The van der Waals surface area contributed by atoms with Crippen LogP contribution in [0.15, 0.2) is 30.3 Å². The van der Waals surface area contributed by atoms with Crippen molar-refractivity contribution in [3.8, 4) is 0 Å². The van der Waals surface area contributed by atoms with Gasteiger partial charge in [-0.15, -0.1) is 0 Å². The van der Waals surface area contributed by atoms with Gasteiger partial charge in [-0.05, 0) is 63.9 Å². The standard InChI is InChI=1S/C35H61N3O8S2/c1-7-8-19-36-48(45,46)24-31(39)32(40)29(22-27-17-13-10-14-18-27)37-30(20-25(2)3)34(42)38-33(41)28(21-26-15-11-9-12-16-26)23-47(43,44)35(4,5)6/h9,11-12,15-16,25,27-32,36-37,39-40H,7-8,10,13-14,17-24H2,1-6H3,(H,38,41,42)/t28?,29-,30?,31?,32?/m0/s1. The van der Waals surface area contributed by atoms with E-state index in [4.69, 9.17) is 0 Å². The van der Waals surface area contributed by atoms with Crippen molar-refractivity contribution >= 4 is 31.7 Å². The summed E-state index contributed by atoms with van der Waals surface area (Å²) in [6.07, 6.45) is 4.12. The first kappa shape index (κ1) is 42.3. The van der Waals surface area contributed by atoms with Crippen molar-refractivity contribution in [3.63, 3.8) is 0 Å². The Hall–Kier alpha value is -1.90. The summed E-state index contributed by atoms with van der Waals surface area (Å²) >= 11 is 0. The second kappa shape index (κ2) is 19.5. The van der Waals surface area contributed by atoms with E-state index in [-0.39, 0.29) is 31.2 Å². The molecule has 1 aromatic carbocycles. The lowest BCUT2D eigenvalue weighted by Crippen LogP contribution is -2.57. The fourth-order valence-electron chi connectivity index (χ4n) is 6.07. The van der Waals surface area contributed by atoms with Crippen LogP contribution in [-0.2, 0) is 35.9 Å². The van der Waals surface area contributed by atoms with Gasteiger partial charge in [0.1, 0.15) is 0 Å². The number of aliphatic hydroxyl groups is 2. The van der Waals surface area contributed by atoms with E-state index in [9.17, 15) is 36.6 Å². The maximum atomic E-state index is 13.8. The van der Waals surface area contributed by atoms with Gasteiger partial charge in [0.2, 0.25) is 21.8 Å². The minimum atomic E-state index is -3.87. The summed E-state index contributed by atoms with van der Waals surface area (Å²) in [7, 11) is -7.59. The van der Waals surface area contributed by atoms with Crippen LogP contribution in [-0.4, -0.2) is 86.0 Å². The summed E-state index contributed by atoms with van der Waals surface area (Å²) in [4.78, 5) is 27.5. The number of sulfone groups is 1. The number of aliphatic hydroxyl groups excluding tert-OH is 2. The SMILES string of the molecule is CCCCNS(=O)(=O)CC(O)C(O)[C@H](CC1CCCCC1)NC(CC(C)C)C(=O)NC(=O)C(Cc1ccccc1)CS(=O)(=O)C(C)(C)C. The van der Waals surface area contributed by atoms with Crippen LogP contribution in [0.25, 0.3) is 0 Å². The van der Waals surface area contributed by atoms with E-state index in [2.05, 4.69) is 15.4 Å². The molecule has 48 heavy (non-hydrogen) atoms. The number of amides is 2. The van der Waals surface area contributed by atoms with Crippen LogP contribution in [0.5, 0.6) is 0 Å². The third-order valence-electron chi connectivity index (χ3n) is 9.10. The fraction of sp³-hybridized carbons (Fsp3) is 0.771. The molecule has 2 rings (SSSR count). The average molecular weight is 716 g/mol. The molecule has 1 aliphatic rings. The van der Waals surface area contributed by atoms with Crippen molar-refractivity contribution in [2.45, 2.75) is 135 Å². The van der Waals surface area contributed by atoms with Crippen LogP contribution < -0.4 is 15.4 Å². The second-order valence-electron chi connectivity index (χ2n) is 14.9. The molecule has 4 unspecified atom stereocenters. The molecular weight excluding hydrogens is 655 g/mol. The summed E-state index contributed by atoms with van der Waals surface area (Å²) in [5.74, 6) is -3.34. The first-order valence-corrected chi connectivity index (χ1v) is 20.9. The molecule has 0 saturated heterocycles. The number of carbonyl (C=O) groups excluding carboxylic acids is 2. The minimum Gasteiger partial charge on any atom is -0.389 e. The third kappa shape index (κ3) is 14.5. The molecule has 276 valence electrons. The fourth-order valence-corrected chi connectivity index (χ4v) is 8.59. The molecule has 2 amide bonds. The van der Waals surface area contributed by atoms with Gasteiger partial charge in [0, 0.05) is 12.6 Å². The molecule has 0 spiro atoms. The summed E-state index contributed by atoms with van der Waals surface area (Å²) < 4.78 is 53.0. The summed E-state index contributed by atoms with van der Waals surface area (Å²) in [6, 6.07) is 7.22. The average Bonchev–Trinajstić information content (AvgIpc) is 2.99. The molecule has 5 atom stereocenters. The number of rotatable bonds is 20. The van der Waals surface area contributed by atoms with Crippen LogP contribution in [0.1, 0.15) is 105 Å². The van der Waals surface area contributed by atoms with Crippen molar-refractivity contribution in [2.24, 2.45) is 17.8 Å². The first-order chi connectivity index (χ1) is 22.3. The molecule has 11 nitrogen and oxygen atoms in total. The van der Waals surface area contributed by atoms with Crippen LogP contribution >= 0.6 is 0 Å². The van der Waals surface area contributed by atoms with E-state index in [1.165, 1.54) is 0 Å². The molecule has 13 heteroatoms. The van der Waals surface area contributed by atoms with Gasteiger partial charge in [-0.3, -0.25) is 14.9 Å². The Bertz CT molecular complexity index is 1340. The molecular formula is C35H61N3O8S2. The highest BCUT2D eigenvalue weighted by molar-refractivity contribution is 7.92. The molecule has 0 radical (unpaired) electrons. The Morgan fingerprint density at radius 3 is 2.12 bits per heavy atom. The van der Waals surface area contributed by atoms with Gasteiger partial charge in [0.25, 0.3) is 0 Å². The van der Waals surface area contributed by atoms with Crippen LogP contribution in [0, 0.1) is 17.8 Å². The van der Waals surface area contributed by atoms with Gasteiger partial charge in [0.15, 0.2) is 9.84 Å². The van der Waals surface area contributed by atoms with Crippen molar-refractivity contribution in [1.29, 1.82) is 0 Å². The highest BCUT2D eigenvalue weighted by Crippen LogP contribution is 2.29. The predicted octanol–water partition coefficient (Wildman–Crippen LogP) is 3.49. The Balaban J connectivity index is 2.33. The van der Waals surface area contributed by atoms with Crippen molar-refractivity contribution in [1.82, 2.24) is 15.4 Å². The smallest absolute Gasteiger partial charge is 0.243 e. The third-order valence-corrected chi connectivity index (χ3v) is 13.2. The number of benzene rings is 1. The lowest BCUT2D eigenvalue weighted by Gasteiger charge is -2.35. The van der Waals surface area contributed by atoms with Crippen molar-refractivity contribution in [2.75, 3.05) is 18.1 Å². The molecule has 1 aromatic rings. The zero-order valence-electron chi connectivity index (χ0n) is 29.8. The number of nitrogens with one attached hydrogen (secondary N) is 3. The zero-order valence-corrected chi connectivity index (χ0v) is 31.4. The molecule has 0 aromatic heterocycles. The summed E-state index contributed by atoms with van der Waals surface area (Å²) in [5.41, 5.74) is 0.759. The van der Waals surface area contributed by atoms with E-state index >= 15 is 0 Å². The van der Waals surface area contributed by atoms with E-state index in [1.807, 2.05) is 26.8 Å². The number of carbonyl (C=O) groups is 2. The highest BCUT2D eigenvalue weighted by Gasteiger charge is 2.38. The van der Waals surface area contributed by atoms with Crippen molar-refractivity contribution in [3.05, 3.63) is 35.9 Å². The maximum Gasteiger partial charge on any atom is 0.243 e. The lowest BCUT2D eigenvalue weighted by atomic mass is 9.82. The molecule has 0 bridgehead atoms. The predicted molar refractivity (Wildman–Crippen MR) is 190 cm³/mol. The first-order valence-electron chi connectivity index (χ1n) is 17.6. The number of hydrogen-bond acceptors (Lipinski definition) is 9. The van der Waals surface area contributed by atoms with Gasteiger partial charge >= 0.3 is 0 Å². The number of imide groups is 1. The number of unbranched alkanes of at least 4 members (excludes halogenated alkanes) is 1. The van der Waals surface area contributed by atoms with Crippen LogP contribution in [0.4, 0.5) is 0 Å². The van der Waals surface area contributed by atoms with Crippen LogP contribution in [0.3, 0.4) is 0 Å². The monoisotopic (exact) mass is 715 g/mol. The van der Waals surface area contributed by atoms with Gasteiger partial charge in [-0.25, -0.2) is 21.6 Å². The molecule has 0 aliphatic heterocycles. The summed E-state index contributed by atoms with van der Waals surface area (Å²) in [6.45, 7) is 10.7. The molecule has 0 heterocycles. The van der Waals surface area contributed by atoms with Crippen LogP contribution in [0.2, 0.25) is 0 Å². The number of hydrogen-bond donors (Lipinski definition) is 5. The molecule has 1 aliphatic carbocycles. The maximum absolute atomic E-state index is 13.8. The zero-order chi connectivity index (χ0) is 36.1. The molecule has 5 N–H and O–H groups in total. The molecule has 1 saturated carbocycles. The number of sulfonamides is 1. The van der Waals surface area contributed by atoms with Gasteiger partial charge in [-0.2, -0.15) is 0 Å². The van der Waals surface area contributed by atoms with Gasteiger partial charge in [0.05, 0.1) is 40.4 Å². The minimum absolute atomic E-state index is 0.00900.